The fraction of sp³-hybridized carbons (Fsp3) is 0.231. The molecule has 2 amide bonds. The molecule has 0 atom stereocenters. The molecule has 0 aliphatic heterocycles. The van der Waals surface area contributed by atoms with Gasteiger partial charge in [0.2, 0.25) is 5.91 Å². The van der Waals surface area contributed by atoms with E-state index in [0.29, 0.717) is 12.3 Å². The van der Waals surface area contributed by atoms with Crippen molar-refractivity contribution in [1.29, 1.82) is 0 Å². The number of anilines is 2. The van der Waals surface area contributed by atoms with E-state index in [4.69, 9.17) is 4.74 Å². The van der Waals surface area contributed by atoms with E-state index in [1.807, 2.05) is 6.92 Å². The van der Waals surface area contributed by atoms with Crippen LogP contribution in [0.5, 0.6) is 5.75 Å². The number of nitrogens with one attached hydrogen (secondary N) is 2. The van der Waals surface area contributed by atoms with Crippen molar-refractivity contribution in [3.8, 4) is 5.75 Å². The summed E-state index contributed by atoms with van der Waals surface area (Å²) in [6, 6.07) is 17.0. The first-order chi connectivity index (χ1) is 17.3. The van der Waals surface area contributed by atoms with Gasteiger partial charge in [-0.15, -0.1) is 0 Å². The second-order valence-electron chi connectivity index (χ2n) is 7.87. The summed E-state index contributed by atoms with van der Waals surface area (Å²) < 4.78 is 46.3. The number of halogens is 1. The average Bonchev–Trinajstić information content (AvgIpc) is 2.88. The lowest BCUT2D eigenvalue weighted by Crippen LogP contribution is -2.38. The number of benzene rings is 3. The molecule has 0 radical (unpaired) electrons. The van der Waals surface area contributed by atoms with Crippen LogP contribution in [0, 0.1) is 5.82 Å². The minimum atomic E-state index is -4.23. The molecule has 2 N–H and O–H groups in total. The van der Waals surface area contributed by atoms with Crippen molar-refractivity contribution in [3.05, 3.63) is 84.2 Å². The third kappa shape index (κ3) is 6.60. The van der Waals surface area contributed by atoms with Crippen LogP contribution in [0.3, 0.4) is 0 Å². The van der Waals surface area contributed by atoms with Crippen molar-refractivity contribution >= 4 is 33.2 Å². The first-order valence-electron chi connectivity index (χ1n) is 11.4. The number of nitrogens with zero attached hydrogens (tertiary/aromatic N) is 1. The maximum atomic E-state index is 13.4. The SMILES string of the molecule is CCCCNC(=O)c1ccccc1NC(=O)CN(c1ccc(OC)cc1)S(=O)(=O)c1ccc(F)cc1. The highest BCUT2D eigenvalue weighted by Gasteiger charge is 2.28. The molecule has 0 unspecified atom stereocenters. The number of carbonyl (C=O) groups is 2. The van der Waals surface area contributed by atoms with E-state index in [9.17, 15) is 22.4 Å². The van der Waals surface area contributed by atoms with Crippen LogP contribution in [0.15, 0.2) is 77.7 Å². The van der Waals surface area contributed by atoms with E-state index >= 15 is 0 Å². The summed E-state index contributed by atoms with van der Waals surface area (Å²) in [5.41, 5.74) is 0.727. The molecule has 190 valence electrons. The normalized spacial score (nSPS) is 11.0. The topological polar surface area (TPSA) is 105 Å². The van der Waals surface area contributed by atoms with E-state index in [-0.39, 0.29) is 27.7 Å². The summed E-state index contributed by atoms with van der Waals surface area (Å²) in [5, 5.41) is 5.45. The number of rotatable bonds is 11. The molecule has 0 aliphatic carbocycles. The van der Waals surface area contributed by atoms with Crippen molar-refractivity contribution in [2.24, 2.45) is 0 Å². The quantitative estimate of drug-likeness (QED) is 0.374. The molecule has 0 fully saturated rings. The van der Waals surface area contributed by atoms with E-state index in [1.165, 1.54) is 19.2 Å². The van der Waals surface area contributed by atoms with Crippen LogP contribution in [0.25, 0.3) is 0 Å². The number of ether oxygens (including phenoxy) is 1. The highest BCUT2D eigenvalue weighted by atomic mass is 32.2. The number of methoxy groups -OCH3 is 1. The van der Waals surface area contributed by atoms with Crippen LogP contribution in [-0.4, -0.2) is 40.4 Å². The lowest BCUT2D eigenvalue weighted by molar-refractivity contribution is -0.114. The van der Waals surface area contributed by atoms with Gasteiger partial charge < -0.3 is 15.4 Å². The molecule has 0 aromatic heterocycles. The number of sulfonamides is 1. The second kappa shape index (κ2) is 12.2. The van der Waals surface area contributed by atoms with Gasteiger partial charge in [-0.2, -0.15) is 0 Å². The van der Waals surface area contributed by atoms with Crippen LogP contribution in [0.4, 0.5) is 15.8 Å². The van der Waals surface area contributed by atoms with Crippen molar-refractivity contribution in [2.75, 3.05) is 29.8 Å². The molecule has 0 bridgehead atoms. The van der Waals surface area contributed by atoms with Crippen LogP contribution in [-0.2, 0) is 14.8 Å². The van der Waals surface area contributed by atoms with E-state index in [1.54, 1.807) is 36.4 Å². The molecule has 0 heterocycles. The lowest BCUT2D eigenvalue weighted by Gasteiger charge is -2.24. The van der Waals surface area contributed by atoms with Gasteiger partial charge in [-0.1, -0.05) is 25.5 Å². The van der Waals surface area contributed by atoms with Gasteiger partial charge in [-0.05, 0) is 67.1 Å². The second-order valence-corrected chi connectivity index (χ2v) is 9.73. The average molecular weight is 514 g/mol. The predicted molar refractivity (Wildman–Crippen MR) is 136 cm³/mol. The highest BCUT2D eigenvalue weighted by Crippen LogP contribution is 2.26. The zero-order valence-electron chi connectivity index (χ0n) is 20.0. The largest absolute Gasteiger partial charge is 0.497 e. The van der Waals surface area contributed by atoms with Crippen molar-refractivity contribution in [1.82, 2.24) is 5.32 Å². The Labute approximate surface area is 210 Å². The predicted octanol–water partition coefficient (Wildman–Crippen LogP) is 4.20. The molecule has 0 saturated carbocycles. The van der Waals surface area contributed by atoms with E-state index in [2.05, 4.69) is 10.6 Å². The minimum absolute atomic E-state index is 0.178. The summed E-state index contributed by atoms with van der Waals surface area (Å²) in [6.45, 7) is 1.92. The number of carbonyl (C=O) groups excluding carboxylic acids is 2. The summed E-state index contributed by atoms with van der Waals surface area (Å²) in [4.78, 5) is 25.5. The maximum absolute atomic E-state index is 13.4. The van der Waals surface area contributed by atoms with Gasteiger partial charge in [0.1, 0.15) is 18.1 Å². The van der Waals surface area contributed by atoms with Crippen LogP contribution < -0.4 is 19.7 Å². The lowest BCUT2D eigenvalue weighted by atomic mass is 10.1. The number of para-hydroxylation sites is 1. The Morgan fingerprint density at radius 3 is 2.28 bits per heavy atom. The summed E-state index contributed by atoms with van der Waals surface area (Å²) in [7, 11) is -2.76. The van der Waals surface area contributed by atoms with E-state index in [0.717, 1.165) is 41.4 Å². The van der Waals surface area contributed by atoms with Gasteiger partial charge in [-0.25, -0.2) is 12.8 Å². The molecule has 0 spiro atoms. The number of hydrogen-bond donors (Lipinski definition) is 2. The number of hydrogen-bond acceptors (Lipinski definition) is 5. The van der Waals surface area contributed by atoms with Gasteiger partial charge in [0.25, 0.3) is 15.9 Å². The van der Waals surface area contributed by atoms with Crippen molar-refractivity contribution in [3.63, 3.8) is 0 Å². The zero-order chi connectivity index (χ0) is 26.1. The van der Waals surface area contributed by atoms with Crippen LogP contribution in [0.1, 0.15) is 30.1 Å². The Hall–Kier alpha value is -3.92. The van der Waals surface area contributed by atoms with Crippen LogP contribution in [0.2, 0.25) is 0 Å². The van der Waals surface area contributed by atoms with E-state index < -0.39 is 28.3 Å². The molecule has 0 aliphatic rings. The molecular weight excluding hydrogens is 485 g/mol. The molecule has 3 rings (SSSR count). The Bertz CT molecular complexity index is 1300. The Kier molecular flexibility index (Phi) is 9.02. The van der Waals surface area contributed by atoms with Crippen molar-refractivity contribution < 1.29 is 27.1 Å². The maximum Gasteiger partial charge on any atom is 0.264 e. The van der Waals surface area contributed by atoms with Crippen LogP contribution >= 0.6 is 0 Å². The Morgan fingerprint density at radius 2 is 1.64 bits per heavy atom. The molecule has 36 heavy (non-hydrogen) atoms. The minimum Gasteiger partial charge on any atom is -0.497 e. The number of amides is 2. The fourth-order valence-corrected chi connectivity index (χ4v) is 4.80. The molecule has 8 nitrogen and oxygen atoms in total. The zero-order valence-corrected chi connectivity index (χ0v) is 20.8. The molecule has 10 heteroatoms. The highest BCUT2D eigenvalue weighted by molar-refractivity contribution is 7.92. The Balaban J connectivity index is 1.89. The third-order valence-electron chi connectivity index (χ3n) is 5.31. The first-order valence-corrected chi connectivity index (χ1v) is 12.8. The standard InChI is InChI=1S/C26H28FN3O5S/c1-3-4-17-28-26(32)23-7-5-6-8-24(23)29-25(31)18-30(20-11-13-21(35-2)14-12-20)36(33,34)22-15-9-19(27)10-16-22/h5-16H,3-4,17-18H2,1-2H3,(H,28,32)(H,29,31). The molecule has 3 aromatic carbocycles. The Morgan fingerprint density at radius 1 is 0.972 bits per heavy atom. The summed E-state index contributed by atoms with van der Waals surface area (Å²) in [6.07, 6.45) is 1.74. The third-order valence-corrected chi connectivity index (χ3v) is 7.10. The summed E-state index contributed by atoms with van der Waals surface area (Å²) in [5.74, 6) is -1.09. The molecule has 3 aromatic rings. The van der Waals surface area contributed by atoms with Gasteiger partial charge in [0.05, 0.1) is 28.9 Å². The smallest absolute Gasteiger partial charge is 0.264 e. The van der Waals surface area contributed by atoms with Gasteiger partial charge in [-0.3, -0.25) is 13.9 Å². The van der Waals surface area contributed by atoms with Gasteiger partial charge >= 0.3 is 0 Å². The molecule has 0 saturated heterocycles. The summed E-state index contributed by atoms with van der Waals surface area (Å²) >= 11 is 0. The first kappa shape index (κ1) is 26.7. The molecular formula is C26H28FN3O5S. The number of unbranched alkanes of at least 4 members (excludes halogenated alkanes) is 1. The monoisotopic (exact) mass is 513 g/mol. The fourth-order valence-electron chi connectivity index (χ4n) is 3.38. The van der Waals surface area contributed by atoms with Gasteiger partial charge in [0.15, 0.2) is 0 Å². The van der Waals surface area contributed by atoms with Gasteiger partial charge in [0, 0.05) is 6.54 Å². The van der Waals surface area contributed by atoms with Crippen molar-refractivity contribution in [2.45, 2.75) is 24.7 Å².